The highest BCUT2D eigenvalue weighted by molar-refractivity contribution is 8.00. The summed E-state index contributed by atoms with van der Waals surface area (Å²) in [6, 6.07) is 11.5. The maximum absolute atomic E-state index is 12.7. The second-order valence-electron chi connectivity index (χ2n) is 5.92. The summed E-state index contributed by atoms with van der Waals surface area (Å²) in [5.41, 5.74) is 0.982. The summed E-state index contributed by atoms with van der Waals surface area (Å²) in [5.74, 6) is 1.85. The van der Waals surface area contributed by atoms with Gasteiger partial charge in [0.2, 0.25) is 5.91 Å². The zero-order chi connectivity index (χ0) is 16.8. The van der Waals surface area contributed by atoms with Crippen LogP contribution in [0.4, 0.5) is 5.82 Å². The Bertz CT molecular complexity index is 653. The fourth-order valence-electron chi connectivity index (χ4n) is 2.71. The van der Waals surface area contributed by atoms with Crippen molar-refractivity contribution in [3.05, 3.63) is 47.7 Å². The maximum Gasteiger partial charge on any atom is 0.243 e. The first-order valence-corrected chi connectivity index (χ1v) is 9.29. The van der Waals surface area contributed by atoms with Crippen molar-refractivity contribution in [2.75, 3.05) is 17.7 Å². The molecule has 128 valence electrons. The lowest BCUT2D eigenvalue weighted by Crippen LogP contribution is -2.24. The topological polar surface area (TPSA) is 64.4 Å². The maximum atomic E-state index is 12.7. The van der Waals surface area contributed by atoms with Gasteiger partial charge in [0.25, 0.3) is 0 Å². The number of aromatic nitrogens is 1. The van der Waals surface area contributed by atoms with Crippen LogP contribution in [0.2, 0.25) is 0 Å². The second kappa shape index (κ2) is 8.35. The number of hydrogen-bond donors (Lipinski definition) is 1. The molecule has 1 aliphatic heterocycles. The van der Waals surface area contributed by atoms with E-state index in [4.69, 9.17) is 9.26 Å². The number of nitrogens with one attached hydrogen (secondary N) is 1. The van der Waals surface area contributed by atoms with E-state index in [1.807, 2.05) is 30.3 Å². The Labute approximate surface area is 146 Å². The highest BCUT2D eigenvalue weighted by Crippen LogP contribution is 2.32. The van der Waals surface area contributed by atoms with Gasteiger partial charge in [-0.25, -0.2) is 0 Å². The van der Waals surface area contributed by atoms with Crippen molar-refractivity contribution in [3.63, 3.8) is 0 Å². The molecule has 0 unspecified atom stereocenters. The number of aryl methyl sites for hydroxylation is 1. The van der Waals surface area contributed by atoms with Crippen molar-refractivity contribution < 1.29 is 14.1 Å². The average Bonchev–Trinajstić information content (AvgIpc) is 3.02. The molecule has 2 heterocycles. The average molecular weight is 346 g/mol. The SMILES string of the molecule is Cc1cc(NC(=O)[C@H](SC[C@@H]2CCCCO2)c2ccccc2)no1. The fourth-order valence-corrected chi connectivity index (χ4v) is 3.94. The van der Waals surface area contributed by atoms with E-state index in [-0.39, 0.29) is 17.3 Å². The number of hydrogen-bond acceptors (Lipinski definition) is 5. The van der Waals surface area contributed by atoms with Gasteiger partial charge < -0.3 is 14.6 Å². The number of anilines is 1. The molecule has 5 nitrogen and oxygen atoms in total. The highest BCUT2D eigenvalue weighted by Gasteiger charge is 2.24. The van der Waals surface area contributed by atoms with E-state index in [1.54, 1.807) is 24.8 Å². The van der Waals surface area contributed by atoms with E-state index in [9.17, 15) is 4.79 Å². The molecule has 1 aromatic heterocycles. The number of carbonyl (C=O) groups is 1. The Morgan fingerprint density at radius 1 is 1.38 bits per heavy atom. The molecule has 1 saturated heterocycles. The predicted molar refractivity (Wildman–Crippen MR) is 95.1 cm³/mol. The van der Waals surface area contributed by atoms with Gasteiger partial charge in [-0.3, -0.25) is 4.79 Å². The molecule has 2 aromatic rings. The Morgan fingerprint density at radius 3 is 2.88 bits per heavy atom. The molecule has 6 heteroatoms. The van der Waals surface area contributed by atoms with E-state index in [0.29, 0.717) is 11.6 Å². The minimum Gasteiger partial charge on any atom is -0.377 e. The number of amides is 1. The van der Waals surface area contributed by atoms with E-state index in [1.165, 1.54) is 6.42 Å². The number of benzene rings is 1. The number of rotatable bonds is 6. The minimum atomic E-state index is -0.297. The van der Waals surface area contributed by atoms with Crippen LogP contribution < -0.4 is 5.32 Å². The van der Waals surface area contributed by atoms with Gasteiger partial charge in [0.05, 0.1) is 6.10 Å². The van der Waals surface area contributed by atoms with Gasteiger partial charge in [-0.05, 0) is 31.7 Å². The molecule has 0 spiro atoms. The fraction of sp³-hybridized carbons (Fsp3) is 0.444. The van der Waals surface area contributed by atoms with Crippen LogP contribution in [0.1, 0.15) is 35.8 Å². The summed E-state index contributed by atoms with van der Waals surface area (Å²) >= 11 is 1.62. The van der Waals surface area contributed by atoms with Gasteiger partial charge in [-0.2, -0.15) is 0 Å². The zero-order valence-corrected chi connectivity index (χ0v) is 14.6. The van der Waals surface area contributed by atoms with E-state index in [0.717, 1.165) is 30.8 Å². The minimum absolute atomic E-state index is 0.0877. The Hall–Kier alpha value is -1.79. The lowest BCUT2D eigenvalue weighted by molar-refractivity contribution is -0.115. The van der Waals surface area contributed by atoms with Crippen molar-refractivity contribution in [1.29, 1.82) is 0 Å². The number of ether oxygens (including phenoxy) is 1. The first-order chi connectivity index (χ1) is 11.7. The van der Waals surface area contributed by atoms with Crippen molar-refractivity contribution >= 4 is 23.5 Å². The van der Waals surface area contributed by atoms with Crippen LogP contribution in [0.5, 0.6) is 0 Å². The molecule has 0 radical (unpaired) electrons. The molecule has 24 heavy (non-hydrogen) atoms. The molecule has 3 rings (SSSR count). The normalized spacial score (nSPS) is 19.0. The van der Waals surface area contributed by atoms with Crippen molar-refractivity contribution in [1.82, 2.24) is 5.16 Å². The third-order valence-electron chi connectivity index (χ3n) is 3.94. The van der Waals surface area contributed by atoms with Crippen molar-refractivity contribution in [2.45, 2.75) is 37.5 Å². The second-order valence-corrected chi connectivity index (χ2v) is 7.06. The van der Waals surface area contributed by atoms with E-state index < -0.39 is 0 Å². The zero-order valence-electron chi connectivity index (χ0n) is 13.7. The molecule has 1 N–H and O–H groups in total. The number of nitrogens with zero attached hydrogens (tertiary/aromatic N) is 1. The molecule has 0 bridgehead atoms. The van der Waals surface area contributed by atoms with Crippen LogP contribution in [-0.2, 0) is 9.53 Å². The van der Waals surface area contributed by atoms with Gasteiger partial charge in [-0.15, -0.1) is 11.8 Å². The quantitative estimate of drug-likeness (QED) is 0.857. The number of thioether (sulfide) groups is 1. The lowest BCUT2D eigenvalue weighted by Gasteiger charge is -2.24. The van der Waals surface area contributed by atoms with Crippen LogP contribution in [0.15, 0.2) is 40.9 Å². The number of carbonyl (C=O) groups excluding carboxylic acids is 1. The third-order valence-corrected chi connectivity index (χ3v) is 5.33. The molecule has 1 aromatic carbocycles. The molecule has 2 atom stereocenters. The van der Waals surface area contributed by atoms with Crippen molar-refractivity contribution in [3.8, 4) is 0 Å². The van der Waals surface area contributed by atoms with Gasteiger partial charge in [0, 0.05) is 18.4 Å². The summed E-state index contributed by atoms with van der Waals surface area (Å²) in [6.45, 7) is 2.62. The summed E-state index contributed by atoms with van der Waals surface area (Å²) in [7, 11) is 0. The molecule has 0 saturated carbocycles. The standard InChI is InChI=1S/C18H22N2O3S/c1-13-11-16(20-23-13)19-18(21)17(14-7-3-2-4-8-14)24-12-15-9-5-6-10-22-15/h2-4,7-8,11,15,17H,5-6,9-10,12H2,1H3,(H,19,20,21)/t15-,17+/m0/s1. The Kier molecular flexibility index (Phi) is 5.93. The van der Waals surface area contributed by atoms with Gasteiger partial charge in [-0.1, -0.05) is 35.5 Å². The summed E-state index contributed by atoms with van der Waals surface area (Å²) in [4.78, 5) is 12.7. The summed E-state index contributed by atoms with van der Waals surface area (Å²) in [6.07, 6.45) is 3.64. The third kappa shape index (κ3) is 4.61. The van der Waals surface area contributed by atoms with Crippen molar-refractivity contribution in [2.24, 2.45) is 0 Å². The molecule has 1 aliphatic rings. The first kappa shape index (κ1) is 17.0. The van der Waals surface area contributed by atoms with Gasteiger partial charge in [0.15, 0.2) is 5.82 Å². The first-order valence-electron chi connectivity index (χ1n) is 8.25. The molecular formula is C18H22N2O3S. The largest absolute Gasteiger partial charge is 0.377 e. The van der Waals surface area contributed by atoms with Crippen LogP contribution in [0.25, 0.3) is 0 Å². The van der Waals surface area contributed by atoms with Crippen LogP contribution in [0, 0.1) is 6.92 Å². The van der Waals surface area contributed by atoms with Crippen LogP contribution in [0.3, 0.4) is 0 Å². The predicted octanol–water partition coefficient (Wildman–Crippen LogP) is 3.97. The molecule has 1 fully saturated rings. The Morgan fingerprint density at radius 2 is 2.21 bits per heavy atom. The molecular weight excluding hydrogens is 324 g/mol. The highest BCUT2D eigenvalue weighted by atomic mass is 32.2. The lowest BCUT2D eigenvalue weighted by atomic mass is 10.1. The summed E-state index contributed by atoms with van der Waals surface area (Å²) < 4.78 is 10.8. The molecule has 1 amide bonds. The smallest absolute Gasteiger partial charge is 0.243 e. The molecule has 0 aliphatic carbocycles. The van der Waals surface area contributed by atoms with E-state index in [2.05, 4.69) is 10.5 Å². The van der Waals surface area contributed by atoms with Crippen LogP contribution >= 0.6 is 11.8 Å². The monoisotopic (exact) mass is 346 g/mol. The van der Waals surface area contributed by atoms with E-state index >= 15 is 0 Å². The summed E-state index contributed by atoms with van der Waals surface area (Å²) in [5, 5.41) is 6.39. The Balaban J connectivity index is 1.68. The van der Waals surface area contributed by atoms with Gasteiger partial charge >= 0.3 is 0 Å². The van der Waals surface area contributed by atoms with Crippen LogP contribution in [-0.4, -0.2) is 29.5 Å². The van der Waals surface area contributed by atoms with Gasteiger partial charge in [0.1, 0.15) is 11.0 Å².